The van der Waals surface area contributed by atoms with Crippen LogP contribution in [0.3, 0.4) is 0 Å². The fourth-order valence-electron chi connectivity index (χ4n) is 2.75. The van der Waals surface area contributed by atoms with Crippen LogP contribution < -0.4 is 5.32 Å². The molecule has 116 valence electrons. The summed E-state index contributed by atoms with van der Waals surface area (Å²) in [5.74, 6) is 0.281. The molecular formula is C16H23NO4. The van der Waals surface area contributed by atoms with Gasteiger partial charge in [-0.2, -0.15) is 0 Å². The summed E-state index contributed by atoms with van der Waals surface area (Å²) in [4.78, 5) is 23.9. The summed E-state index contributed by atoms with van der Waals surface area (Å²) < 4.78 is 10.1. The number of esters is 1. The fourth-order valence-corrected chi connectivity index (χ4v) is 2.75. The molecule has 0 unspecified atom stereocenters. The van der Waals surface area contributed by atoms with E-state index in [1.165, 1.54) is 18.8 Å². The first kappa shape index (κ1) is 15.6. The van der Waals surface area contributed by atoms with E-state index < -0.39 is 12.1 Å². The van der Waals surface area contributed by atoms with Gasteiger partial charge in [0.25, 0.3) is 5.91 Å². The van der Waals surface area contributed by atoms with E-state index in [0.29, 0.717) is 11.8 Å². The lowest BCUT2D eigenvalue weighted by Crippen LogP contribution is -2.47. The second-order valence-corrected chi connectivity index (χ2v) is 5.91. The summed E-state index contributed by atoms with van der Waals surface area (Å²) in [6.45, 7) is 5.95. The first-order chi connectivity index (χ1) is 9.99. The van der Waals surface area contributed by atoms with Crippen molar-refractivity contribution in [3.05, 3.63) is 24.2 Å². The molecule has 1 aromatic rings. The van der Waals surface area contributed by atoms with Crippen LogP contribution in [0.25, 0.3) is 0 Å². The van der Waals surface area contributed by atoms with Gasteiger partial charge in [0.2, 0.25) is 5.76 Å². The molecular weight excluding hydrogens is 270 g/mol. The Bertz CT molecular complexity index is 482. The zero-order valence-electron chi connectivity index (χ0n) is 12.8. The Balaban J connectivity index is 1.86. The van der Waals surface area contributed by atoms with Crippen molar-refractivity contribution >= 4 is 11.9 Å². The van der Waals surface area contributed by atoms with Gasteiger partial charge in [0.1, 0.15) is 0 Å². The molecule has 5 nitrogen and oxygen atoms in total. The van der Waals surface area contributed by atoms with Gasteiger partial charge >= 0.3 is 5.97 Å². The van der Waals surface area contributed by atoms with Crippen molar-refractivity contribution in [2.45, 2.75) is 52.2 Å². The maximum Gasteiger partial charge on any atom is 0.374 e. The second kappa shape index (κ2) is 6.78. The molecule has 1 aliphatic rings. The quantitative estimate of drug-likeness (QED) is 0.867. The Hall–Kier alpha value is -1.78. The van der Waals surface area contributed by atoms with Crippen molar-refractivity contribution in [1.29, 1.82) is 0 Å². The summed E-state index contributed by atoms with van der Waals surface area (Å²) in [6, 6.07) is 3.27. The van der Waals surface area contributed by atoms with E-state index in [2.05, 4.69) is 19.2 Å². The highest BCUT2D eigenvalue weighted by Gasteiger charge is 2.30. The van der Waals surface area contributed by atoms with Gasteiger partial charge in [-0.1, -0.05) is 26.7 Å². The van der Waals surface area contributed by atoms with Crippen LogP contribution in [0.15, 0.2) is 22.8 Å². The summed E-state index contributed by atoms with van der Waals surface area (Å²) in [7, 11) is 0. The number of carbonyl (C=O) groups excluding carboxylic acids is 2. The summed E-state index contributed by atoms with van der Waals surface area (Å²) >= 11 is 0. The number of ether oxygens (including phenoxy) is 1. The second-order valence-electron chi connectivity index (χ2n) is 5.91. The van der Waals surface area contributed by atoms with Crippen molar-refractivity contribution in [2.24, 2.45) is 11.8 Å². The van der Waals surface area contributed by atoms with Crippen LogP contribution in [-0.2, 0) is 9.53 Å². The van der Waals surface area contributed by atoms with Crippen LogP contribution in [0, 0.1) is 11.8 Å². The summed E-state index contributed by atoms with van der Waals surface area (Å²) in [5.41, 5.74) is 0. The monoisotopic (exact) mass is 293 g/mol. The molecule has 1 aromatic heterocycles. The fraction of sp³-hybridized carbons (Fsp3) is 0.625. The zero-order valence-corrected chi connectivity index (χ0v) is 12.8. The molecule has 21 heavy (non-hydrogen) atoms. The average molecular weight is 293 g/mol. The van der Waals surface area contributed by atoms with E-state index in [4.69, 9.17) is 9.15 Å². The third kappa shape index (κ3) is 3.86. The molecule has 1 aliphatic carbocycles. The Morgan fingerprint density at radius 3 is 2.81 bits per heavy atom. The van der Waals surface area contributed by atoms with Crippen molar-refractivity contribution < 1.29 is 18.7 Å². The van der Waals surface area contributed by atoms with Crippen molar-refractivity contribution in [2.75, 3.05) is 0 Å². The molecule has 0 aromatic carbocycles. The minimum absolute atomic E-state index is 0.106. The number of nitrogens with one attached hydrogen (secondary N) is 1. The SMILES string of the molecule is C[C@@H]1[C@H](C)CCC[C@H]1NC(=O)[C@@H](C)OC(=O)c1ccco1. The molecule has 0 aliphatic heterocycles. The van der Waals surface area contributed by atoms with E-state index in [0.717, 1.165) is 12.8 Å². The number of furan rings is 1. The molecule has 4 atom stereocenters. The van der Waals surface area contributed by atoms with Gasteiger partial charge in [-0.25, -0.2) is 4.79 Å². The van der Waals surface area contributed by atoms with Crippen LogP contribution >= 0.6 is 0 Å². The van der Waals surface area contributed by atoms with Crippen molar-refractivity contribution in [1.82, 2.24) is 5.32 Å². The maximum absolute atomic E-state index is 12.1. The minimum Gasteiger partial charge on any atom is -0.457 e. The van der Waals surface area contributed by atoms with Gasteiger partial charge in [0.05, 0.1) is 6.26 Å². The topological polar surface area (TPSA) is 68.5 Å². The Labute approximate surface area is 125 Å². The Kier molecular flexibility index (Phi) is 5.04. The predicted octanol–water partition coefficient (Wildman–Crippen LogP) is 2.77. The van der Waals surface area contributed by atoms with E-state index in [1.807, 2.05) is 0 Å². The predicted molar refractivity (Wildman–Crippen MR) is 77.7 cm³/mol. The van der Waals surface area contributed by atoms with Gasteiger partial charge < -0.3 is 14.5 Å². The van der Waals surface area contributed by atoms with E-state index in [1.54, 1.807) is 13.0 Å². The van der Waals surface area contributed by atoms with Crippen LogP contribution in [0.1, 0.15) is 50.6 Å². The molecule has 1 fully saturated rings. The largest absolute Gasteiger partial charge is 0.457 e. The third-order valence-electron chi connectivity index (χ3n) is 4.41. The van der Waals surface area contributed by atoms with Gasteiger partial charge in [-0.15, -0.1) is 0 Å². The molecule has 5 heteroatoms. The molecule has 0 spiro atoms. The molecule has 2 rings (SSSR count). The lowest BCUT2D eigenvalue weighted by Gasteiger charge is -2.35. The van der Waals surface area contributed by atoms with Crippen LogP contribution in [-0.4, -0.2) is 24.0 Å². The number of hydrogen-bond donors (Lipinski definition) is 1. The molecule has 0 bridgehead atoms. The van der Waals surface area contributed by atoms with Crippen molar-refractivity contribution in [3.8, 4) is 0 Å². The van der Waals surface area contributed by atoms with Gasteiger partial charge in [-0.3, -0.25) is 4.79 Å². The Morgan fingerprint density at radius 1 is 1.38 bits per heavy atom. The smallest absolute Gasteiger partial charge is 0.374 e. The van der Waals surface area contributed by atoms with Crippen LogP contribution in [0.5, 0.6) is 0 Å². The van der Waals surface area contributed by atoms with Gasteiger partial charge in [0.15, 0.2) is 6.10 Å². The van der Waals surface area contributed by atoms with E-state index in [9.17, 15) is 9.59 Å². The summed E-state index contributed by atoms with van der Waals surface area (Å²) in [5, 5.41) is 3.00. The normalized spacial score (nSPS) is 26.9. The lowest BCUT2D eigenvalue weighted by atomic mass is 9.78. The van der Waals surface area contributed by atoms with Gasteiger partial charge in [-0.05, 0) is 37.3 Å². The van der Waals surface area contributed by atoms with E-state index in [-0.39, 0.29) is 17.7 Å². The van der Waals surface area contributed by atoms with Crippen molar-refractivity contribution in [3.63, 3.8) is 0 Å². The molecule has 0 saturated heterocycles. The number of rotatable bonds is 4. The molecule has 1 heterocycles. The minimum atomic E-state index is -0.827. The molecule has 1 saturated carbocycles. The molecule has 1 N–H and O–H groups in total. The highest BCUT2D eigenvalue weighted by Crippen LogP contribution is 2.29. The van der Waals surface area contributed by atoms with Crippen LogP contribution in [0.2, 0.25) is 0 Å². The summed E-state index contributed by atoms with van der Waals surface area (Å²) in [6.07, 6.45) is 3.88. The lowest BCUT2D eigenvalue weighted by molar-refractivity contribution is -0.130. The highest BCUT2D eigenvalue weighted by atomic mass is 16.6. The molecule has 0 radical (unpaired) electrons. The average Bonchev–Trinajstić information content (AvgIpc) is 2.98. The highest BCUT2D eigenvalue weighted by molar-refractivity contribution is 5.90. The Morgan fingerprint density at radius 2 is 2.14 bits per heavy atom. The number of hydrogen-bond acceptors (Lipinski definition) is 4. The zero-order chi connectivity index (χ0) is 15.4. The molecule has 1 amide bonds. The maximum atomic E-state index is 12.1. The van der Waals surface area contributed by atoms with E-state index >= 15 is 0 Å². The van der Waals surface area contributed by atoms with Crippen LogP contribution in [0.4, 0.5) is 0 Å². The number of amides is 1. The number of carbonyl (C=O) groups is 2. The van der Waals surface area contributed by atoms with Gasteiger partial charge in [0, 0.05) is 6.04 Å². The standard InChI is InChI=1S/C16H23NO4/c1-10-6-4-7-13(11(10)2)17-15(18)12(3)21-16(19)14-8-5-9-20-14/h5,8-13H,4,6-7H2,1-3H3,(H,17,18)/t10-,11-,12-,13-/m1/s1. The first-order valence-electron chi connectivity index (χ1n) is 7.54. The third-order valence-corrected chi connectivity index (χ3v) is 4.41. The first-order valence-corrected chi connectivity index (χ1v) is 7.54.